The van der Waals surface area contributed by atoms with Gasteiger partial charge in [0.25, 0.3) is 0 Å². The number of nitrogens with zero attached hydrogens (tertiary/aromatic N) is 3. The molecular weight excluding hydrogens is 417 g/mol. The number of hydrogen-bond acceptors (Lipinski definition) is 6. The van der Waals surface area contributed by atoms with Gasteiger partial charge in [0, 0.05) is 38.7 Å². The van der Waals surface area contributed by atoms with Crippen LogP contribution in [-0.2, 0) is 9.59 Å². The molecule has 8 nitrogen and oxygen atoms in total. The van der Waals surface area contributed by atoms with Gasteiger partial charge in [0.1, 0.15) is 5.76 Å². The van der Waals surface area contributed by atoms with Gasteiger partial charge in [-0.1, -0.05) is 12.1 Å². The molecule has 10 heteroatoms. The zero-order valence-corrected chi connectivity index (χ0v) is 18.8. The Balaban J connectivity index is 0.00000210. The Morgan fingerprint density at radius 3 is 2.62 bits per heavy atom. The number of halogens is 2. The van der Waals surface area contributed by atoms with Crippen LogP contribution in [0.5, 0.6) is 0 Å². The van der Waals surface area contributed by atoms with Crippen molar-refractivity contribution in [2.24, 2.45) is 11.8 Å². The van der Waals surface area contributed by atoms with Gasteiger partial charge in [-0.05, 0) is 44.7 Å². The highest BCUT2D eigenvalue weighted by atomic mass is 35.5. The number of piperidine rings is 1. The molecule has 0 spiro atoms. The van der Waals surface area contributed by atoms with Crippen LogP contribution in [0.4, 0.5) is 5.82 Å². The highest BCUT2D eigenvalue weighted by molar-refractivity contribution is 5.91. The van der Waals surface area contributed by atoms with E-state index in [1.54, 1.807) is 13.0 Å². The number of aryl methyl sites for hydroxylation is 1. The molecule has 2 N–H and O–H groups in total. The summed E-state index contributed by atoms with van der Waals surface area (Å²) in [5.41, 5.74) is 0. The lowest BCUT2D eigenvalue weighted by molar-refractivity contribution is -0.134. The fourth-order valence-corrected chi connectivity index (χ4v) is 3.90. The fourth-order valence-electron chi connectivity index (χ4n) is 3.90. The Labute approximate surface area is 184 Å². The van der Waals surface area contributed by atoms with E-state index in [9.17, 15) is 9.59 Å². The number of carbonyl (C=O) groups excluding carboxylic acids is 2. The van der Waals surface area contributed by atoms with Gasteiger partial charge in [-0.25, -0.2) is 0 Å². The predicted octanol–water partition coefficient (Wildman–Crippen LogP) is 1.94. The van der Waals surface area contributed by atoms with Crippen LogP contribution >= 0.6 is 24.8 Å². The van der Waals surface area contributed by atoms with Crippen molar-refractivity contribution < 1.29 is 14.1 Å². The van der Waals surface area contributed by atoms with E-state index in [0.717, 1.165) is 26.2 Å². The maximum absolute atomic E-state index is 12.6. The monoisotopic (exact) mass is 449 g/mol. The van der Waals surface area contributed by atoms with Crippen molar-refractivity contribution in [1.82, 2.24) is 20.3 Å². The first kappa shape index (κ1) is 25.7. The van der Waals surface area contributed by atoms with Crippen molar-refractivity contribution in [2.45, 2.75) is 33.1 Å². The third-order valence-electron chi connectivity index (χ3n) is 5.62. The Hall–Kier alpha value is -1.35. The molecule has 2 atom stereocenters. The van der Waals surface area contributed by atoms with Gasteiger partial charge in [-0.15, -0.1) is 24.8 Å². The van der Waals surface area contributed by atoms with Crippen LogP contribution in [0.2, 0.25) is 0 Å². The number of amides is 2. The number of hydrogen-bond donors (Lipinski definition) is 2. The molecule has 166 valence electrons. The predicted molar refractivity (Wildman–Crippen MR) is 117 cm³/mol. The van der Waals surface area contributed by atoms with Gasteiger partial charge in [0.05, 0.1) is 6.54 Å². The Morgan fingerprint density at radius 1 is 1.31 bits per heavy atom. The molecule has 0 saturated carbocycles. The molecule has 0 aliphatic carbocycles. The Bertz CT molecular complexity index is 644. The van der Waals surface area contributed by atoms with Gasteiger partial charge in [-0.2, -0.15) is 0 Å². The summed E-state index contributed by atoms with van der Waals surface area (Å²) in [6, 6.07) is 1.69. The van der Waals surface area contributed by atoms with Gasteiger partial charge >= 0.3 is 0 Å². The molecule has 2 unspecified atom stereocenters. The molecule has 2 saturated heterocycles. The highest BCUT2D eigenvalue weighted by Gasteiger charge is 2.27. The summed E-state index contributed by atoms with van der Waals surface area (Å²) in [5.74, 6) is 2.26. The third-order valence-corrected chi connectivity index (χ3v) is 5.62. The molecular formula is C19H33Cl2N5O3. The molecule has 2 fully saturated rings. The maximum atomic E-state index is 12.6. The summed E-state index contributed by atoms with van der Waals surface area (Å²) < 4.78 is 4.94. The van der Waals surface area contributed by atoms with Gasteiger partial charge in [0.2, 0.25) is 11.8 Å². The average Bonchev–Trinajstić information content (AvgIpc) is 3.07. The topological polar surface area (TPSA) is 90.7 Å². The van der Waals surface area contributed by atoms with E-state index in [4.69, 9.17) is 4.52 Å². The van der Waals surface area contributed by atoms with E-state index < -0.39 is 0 Å². The van der Waals surface area contributed by atoms with Gasteiger partial charge in [-0.3, -0.25) is 14.5 Å². The van der Waals surface area contributed by atoms with Crippen LogP contribution < -0.4 is 10.6 Å². The van der Waals surface area contributed by atoms with Gasteiger partial charge in [0.15, 0.2) is 5.82 Å². The number of rotatable bonds is 6. The number of nitrogens with one attached hydrogen (secondary N) is 2. The second-order valence-electron chi connectivity index (χ2n) is 7.82. The molecule has 2 aliphatic heterocycles. The minimum Gasteiger partial charge on any atom is -0.360 e. The zero-order chi connectivity index (χ0) is 19.2. The summed E-state index contributed by atoms with van der Waals surface area (Å²) in [6.45, 7) is 9.22. The molecule has 2 amide bonds. The summed E-state index contributed by atoms with van der Waals surface area (Å²) >= 11 is 0. The van der Waals surface area contributed by atoms with E-state index in [1.165, 1.54) is 12.8 Å². The standard InChI is InChI=1S/C19H31N5O3.2ClH/c1-14(16-4-3-5-20-12-16)10-19(26)24-8-6-23(7-9-24)13-18(25)21-17-11-15(2)27-22-17;;/h11,14,16,20H,3-10,12-13H2,1-2H3,(H,21,22,25);2*1H. The van der Waals surface area contributed by atoms with Crippen LogP contribution in [0.3, 0.4) is 0 Å². The normalized spacial score (nSPS) is 20.9. The Kier molecular flexibility index (Phi) is 11.0. The lowest BCUT2D eigenvalue weighted by atomic mass is 9.85. The molecule has 0 aromatic carbocycles. The molecule has 29 heavy (non-hydrogen) atoms. The van der Waals surface area contributed by atoms with Crippen LogP contribution in [0.15, 0.2) is 10.6 Å². The van der Waals surface area contributed by atoms with Crippen LogP contribution in [0.1, 0.15) is 31.9 Å². The average molecular weight is 450 g/mol. The smallest absolute Gasteiger partial charge is 0.239 e. The Morgan fingerprint density at radius 2 is 2.03 bits per heavy atom. The fraction of sp³-hybridized carbons (Fsp3) is 0.737. The largest absolute Gasteiger partial charge is 0.360 e. The van der Waals surface area contributed by atoms with E-state index in [1.807, 2.05) is 4.90 Å². The second-order valence-corrected chi connectivity index (χ2v) is 7.82. The molecule has 2 aliphatic rings. The molecule has 3 heterocycles. The first-order chi connectivity index (χ1) is 13.0. The highest BCUT2D eigenvalue weighted by Crippen LogP contribution is 2.23. The first-order valence-corrected chi connectivity index (χ1v) is 9.95. The minimum absolute atomic E-state index is 0. The molecule has 0 radical (unpaired) electrons. The maximum Gasteiger partial charge on any atom is 0.239 e. The molecule has 1 aromatic rings. The van der Waals surface area contributed by atoms with Gasteiger partial charge < -0.3 is 20.1 Å². The van der Waals surface area contributed by atoms with Crippen molar-refractivity contribution in [2.75, 3.05) is 51.1 Å². The van der Waals surface area contributed by atoms with Crippen molar-refractivity contribution in [3.8, 4) is 0 Å². The van der Waals surface area contributed by atoms with E-state index in [-0.39, 0.29) is 36.6 Å². The van der Waals surface area contributed by atoms with Crippen LogP contribution in [-0.4, -0.2) is 72.6 Å². The SMILES string of the molecule is Cc1cc(NC(=O)CN2CCN(C(=O)CC(C)C3CCCNC3)CC2)no1.Cl.Cl. The van der Waals surface area contributed by atoms with Crippen LogP contribution in [0.25, 0.3) is 0 Å². The summed E-state index contributed by atoms with van der Waals surface area (Å²) in [7, 11) is 0. The number of anilines is 1. The number of aromatic nitrogens is 1. The van der Waals surface area contributed by atoms with Crippen molar-refractivity contribution in [3.05, 3.63) is 11.8 Å². The van der Waals surface area contributed by atoms with Crippen LogP contribution in [0, 0.1) is 18.8 Å². The first-order valence-electron chi connectivity index (χ1n) is 9.95. The third kappa shape index (κ3) is 7.77. The zero-order valence-electron chi connectivity index (χ0n) is 17.2. The number of carbonyl (C=O) groups is 2. The summed E-state index contributed by atoms with van der Waals surface area (Å²) in [4.78, 5) is 28.7. The minimum atomic E-state index is -0.110. The van der Waals surface area contributed by atoms with E-state index >= 15 is 0 Å². The molecule has 0 bridgehead atoms. The lowest BCUT2D eigenvalue weighted by Gasteiger charge is -2.35. The van der Waals surface area contributed by atoms with Crippen molar-refractivity contribution in [3.63, 3.8) is 0 Å². The second kappa shape index (κ2) is 12.4. The summed E-state index contributed by atoms with van der Waals surface area (Å²) in [5, 5.41) is 9.93. The number of piperazine rings is 1. The summed E-state index contributed by atoms with van der Waals surface area (Å²) in [6.07, 6.45) is 3.05. The lowest BCUT2D eigenvalue weighted by Crippen LogP contribution is -2.51. The van der Waals surface area contributed by atoms with Crippen molar-refractivity contribution >= 4 is 42.4 Å². The van der Waals surface area contributed by atoms with E-state index in [0.29, 0.717) is 49.5 Å². The van der Waals surface area contributed by atoms with Crippen molar-refractivity contribution in [1.29, 1.82) is 0 Å². The molecule has 1 aromatic heterocycles. The quantitative estimate of drug-likeness (QED) is 0.689. The molecule has 3 rings (SSSR count). The van der Waals surface area contributed by atoms with E-state index in [2.05, 4.69) is 27.6 Å².